The zero-order valence-electron chi connectivity index (χ0n) is 14.8. The van der Waals surface area contributed by atoms with Gasteiger partial charge in [0.15, 0.2) is 6.61 Å². The highest BCUT2D eigenvalue weighted by atomic mass is 35.5. The number of nitrogens with zero attached hydrogens (tertiary/aromatic N) is 2. The van der Waals surface area contributed by atoms with E-state index in [0.29, 0.717) is 6.54 Å². The molecule has 0 unspecified atom stereocenters. The van der Waals surface area contributed by atoms with Crippen LogP contribution in [-0.4, -0.2) is 44.5 Å². The summed E-state index contributed by atoms with van der Waals surface area (Å²) in [6, 6.07) is 11.4. The van der Waals surface area contributed by atoms with Gasteiger partial charge in [0, 0.05) is 38.4 Å². The van der Waals surface area contributed by atoms with E-state index >= 15 is 0 Å². The molecule has 0 atom stereocenters. The van der Waals surface area contributed by atoms with Crippen LogP contribution >= 0.6 is 11.6 Å². The molecular weight excluding hydrogens is 359 g/mol. The summed E-state index contributed by atoms with van der Waals surface area (Å²) in [5.74, 6) is -2.08. The Kier molecular flexibility index (Phi) is 6.58. The van der Waals surface area contributed by atoms with E-state index in [2.05, 4.69) is 0 Å². The standard InChI is InChI=1S/C19H20ClFN2O3/c1-22(2)15-7-4-13(5-8-15)11-23(3)18(24)12-26-19(25)16-9-6-14(20)10-17(16)21/h4-10H,11-12H2,1-3H3. The summed E-state index contributed by atoms with van der Waals surface area (Å²) in [4.78, 5) is 27.4. The van der Waals surface area contributed by atoms with E-state index in [4.69, 9.17) is 16.3 Å². The van der Waals surface area contributed by atoms with E-state index in [0.717, 1.165) is 17.3 Å². The highest BCUT2D eigenvalue weighted by Crippen LogP contribution is 2.16. The average molecular weight is 379 g/mol. The summed E-state index contributed by atoms with van der Waals surface area (Å²) in [7, 11) is 5.50. The average Bonchev–Trinajstić information content (AvgIpc) is 2.59. The van der Waals surface area contributed by atoms with E-state index in [1.165, 1.54) is 17.0 Å². The van der Waals surface area contributed by atoms with Gasteiger partial charge < -0.3 is 14.5 Å². The summed E-state index contributed by atoms with van der Waals surface area (Å²) in [6.07, 6.45) is 0. The molecule has 0 heterocycles. The second-order valence-electron chi connectivity index (χ2n) is 6.01. The van der Waals surface area contributed by atoms with Crippen molar-refractivity contribution in [2.75, 3.05) is 32.6 Å². The number of likely N-dealkylation sites (N-methyl/N-ethyl adjacent to an activating group) is 1. The molecule has 0 bridgehead atoms. The van der Waals surface area contributed by atoms with Gasteiger partial charge in [0.25, 0.3) is 5.91 Å². The Morgan fingerprint density at radius 1 is 1.08 bits per heavy atom. The van der Waals surface area contributed by atoms with Crippen molar-refractivity contribution in [2.45, 2.75) is 6.54 Å². The predicted octanol–water partition coefficient (Wildman–Crippen LogP) is 3.36. The maximum absolute atomic E-state index is 13.7. The van der Waals surface area contributed by atoms with E-state index in [1.54, 1.807) is 7.05 Å². The minimum Gasteiger partial charge on any atom is -0.452 e. The highest BCUT2D eigenvalue weighted by Gasteiger charge is 2.17. The van der Waals surface area contributed by atoms with Crippen LogP contribution in [0.3, 0.4) is 0 Å². The Morgan fingerprint density at radius 2 is 1.73 bits per heavy atom. The number of carbonyl (C=O) groups excluding carboxylic acids is 2. The van der Waals surface area contributed by atoms with Crippen LogP contribution in [0.1, 0.15) is 15.9 Å². The van der Waals surface area contributed by atoms with Gasteiger partial charge in [-0.15, -0.1) is 0 Å². The second kappa shape index (κ2) is 8.67. The van der Waals surface area contributed by atoms with Crippen LogP contribution in [0.5, 0.6) is 0 Å². The first-order valence-corrected chi connectivity index (χ1v) is 8.28. The third-order valence-corrected chi connectivity index (χ3v) is 4.01. The van der Waals surface area contributed by atoms with Crippen molar-refractivity contribution in [1.29, 1.82) is 0 Å². The molecule has 0 radical (unpaired) electrons. The molecule has 0 fully saturated rings. The molecular formula is C19H20ClFN2O3. The molecule has 0 aliphatic heterocycles. The largest absolute Gasteiger partial charge is 0.452 e. The van der Waals surface area contributed by atoms with Gasteiger partial charge >= 0.3 is 5.97 Å². The lowest BCUT2D eigenvalue weighted by Gasteiger charge is -2.18. The molecule has 0 saturated carbocycles. The number of halogens is 2. The number of ether oxygens (including phenoxy) is 1. The zero-order valence-corrected chi connectivity index (χ0v) is 15.6. The van der Waals surface area contributed by atoms with Gasteiger partial charge in [-0.2, -0.15) is 0 Å². The van der Waals surface area contributed by atoms with Gasteiger partial charge in [0.1, 0.15) is 5.82 Å². The summed E-state index contributed by atoms with van der Waals surface area (Å²) >= 11 is 5.64. The third kappa shape index (κ3) is 5.20. The van der Waals surface area contributed by atoms with E-state index in [-0.39, 0.29) is 16.5 Å². The Hall–Kier alpha value is -2.60. The van der Waals surface area contributed by atoms with Crippen LogP contribution in [0.25, 0.3) is 0 Å². The molecule has 0 aromatic heterocycles. The van der Waals surface area contributed by atoms with E-state index < -0.39 is 18.4 Å². The maximum Gasteiger partial charge on any atom is 0.341 e. The van der Waals surface area contributed by atoms with Crippen LogP contribution in [0, 0.1) is 5.82 Å². The molecule has 2 rings (SSSR count). The van der Waals surface area contributed by atoms with Gasteiger partial charge in [0.05, 0.1) is 5.56 Å². The van der Waals surface area contributed by atoms with Gasteiger partial charge in [-0.25, -0.2) is 9.18 Å². The van der Waals surface area contributed by atoms with Crippen molar-refractivity contribution >= 4 is 29.2 Å². The number of hydrogen-bond donors (Lipinski definition) is 0. The number of carbonyl (C=O) groups is 2. The van der Waals surface area contributed by atoms with Gasteiger partial charge in [-0.1, -0.05) is 23.7 Å². The van der Waals surface area contributed by atoms with Gasteiger partial charge in [-0.3, -0.25) is 4.79 Å². The SMILES string of the molecule is CN(Cc1ccc(N(C)C)cc1)C(=O)COC(=O)c1ccc(Cl)cc1F. The maximum atomic E-state index is 13.7. The second-order valence-corrected chi connectivity index (χ2v) is 6.45. The zero-order chi connectivity index (χ0) is 19.3. The van der Waals surface area contributed by atoms with Crippen molar-refractivity contribution in [3.63, 3.8) is 0 Å². The number of amides is 1. The molecule has 0 aliphatic rings. The fraction of sp³-hybridized carbons (Fsp3) is 0.263. The molecule has 2 aromatic rings. The number of esters is 1. The molecule has 26 heavy (non-hydrogen) atoms. The van der Waals surface area contributed by atoms with Crippen LogP contribution in [-0.2, 0) is 16.1 Å². The third-order valence-electron chi connectivity index (χ3n) is 3.78. The van der Waals surface area contributed by atoms with E-state index in [1.807, 2.05) is 43.3 Å². The fourth-order valence-corrected chi connectivity index (χ4v) is 2.39. The summed E-state index contributed by atoms with van der Waals surface area (Å²) in [5, 5.41) is 0.176. The first-order chi connectivity index (χ1) is 12.3. The van der Waals surface area contributed by atoms with Gasteiger partial charge in [-0.05, 0) is 35.9 Å². The Labute approximate surface area is 156 Å². The van der Waals surface area contributed by atoms with Crippen LogP contribution in [0.2, 0.25) is 5.02 Å². The summed E-state index contributed by atoms with van der Waals surface area (Å²) in [6.45, 7) is -0.0907. The predicted molar refractivity (Wildman–Crippen MR) is 98.9 cm³/mol. The van der Waals surface area contributed by atoms with Crippen molar-refractivity contribution in [2.24, 2.45) is 0 Å². The lowest BCUT2D eigenvalue weighted by Crippen LogP contribution is -2.31. The smallest absolute Gasteiger partial charge is 0.341 e. The molecule has 0 spiro atoms. The molecule has 0 saturated heterocycles. The van der Waals surface area contributed by atoms with Crippen LogP contribution in [0.4, 0.5) is 10.1 Å². The van der Waals surface area contributed by atoms with Crippen molar-refractivity contribution in [3.8, 4) is 0 Å². The number of rotatable bonds is 6. The Bertz CT molecular complexity index is 794. The Balaban J connectivity index is 1.89. The van der Waals surface area contributed by atoms with Crippen LogP contribution in [0.15, 0.2) is 42.5 Å². The monoisotopic (exact) mass is 378 g/mol. The topological polar surface area (TPSA) is 49.9 Å². The lowest BCUT2D eigenvalue weighted by molar-refractivity contribution is -0.133. The molecule has 138 valence electrons. The first-order valence-electron chi connectivity index (χ1n) is 7.90. The highest BCUT2D eigenvalue weighted by molar-refractivity contribution is 6.30. The minimum absolute atomic E-state index is 0.176. The normalized spacial score (nSPS) is 10.3. The number of hydrogen-bond acceptors (Lipinski definition) is 4. The van der Waals surface area contributed by atoms with Crippen molar-refractivity contribution < 1.29 is 18.7 Å². The first kappa shape index (κ1) is 19.7. The van der Waals surface area contributed by atoms with Gasteiger partial charge in [0.2, 0.25) is 0 Å². The van der Waals surface area contributed by atoms with E-state index in [9.17, 15) is 14.0 Å². The van der Waals surface area contributed by atoms with Crippen LogP contribution < -0.4 is 4.90 Å². The quantitative estimate of drug-likeness (QED) is 0.723. The Morgan fingerprint density at radius 3 is 2.31 bits per heavy atom. The molecule has 0 N–H and O–H groups in total. The molecule has 0 aliphatic carbocycles. The van der Waals surface area contributed by atoms with Crippen molar-refractivity contribution in [3.05, 3.63) is 64.4 Å². The number of anilines is 1. The summed E-state index contributed by atoms with van der Waals surface area (Å²) in [5.41, 5.74) is 1.74. The van der Waals surface area contributed by atoms with Crippen molar-refractivity contribution in [1.82, 2.24) is 4.90 Å². The minimum atomic E-state index is -0.906. The molecule has 1 amide bonds. The fourth-order valence-electron chi connectivity index (χ4n) is 2.23. The molecule has 5 nitrogen and oxygen atoms in total. The molecule has 7 heteroatoms. The molecule has 2 aromatic carbocycles. The summed E-state index contributed by atoms with van der Waals surface area (Å²) < 4.78 is 18.6. The lowest BCUT2D eigenvalue weighted by atomic mass is 10.2. The number of benzene rings is 2.